The van der Waals surface area contributed by atoms with E-state index in [1.807, 2.05) is 6.92 Å². The predicted molar refractivity (Wildman–Crippen MR) is 73.9 cm³/mol. The summed E-state index contributed by atoms with van der Waals surface area (Å²) in [4.78, 5) is 24.9. The van der Waals surface area contributed by atoms with Gasteiger partial charge in [0.2, 0.25) is 5.91 Å². The Morgan fingerprint density at radius 2 is 1.83 bits per heavy atom. The first-order valence-corrected chi connectivity index (χ1v) is 9.34. The molecule has 1 heterocycles. The molecule has 0 aromatic rings. The predicted octanol–water partition coefficient (Wildman–Crippen LogP) is 2.20. The molecule has 0 aliphatic carbocycles. The highest BCUT2D eigenvalue weighted by atomic mass is 28.4. The van der Waals surface area contributed by atoms with Crippen molar-refractivity contribution in [1.82, 2.24) is 4.90 Å². The smallest absolute Gasteiger partial charge is 0.230 e. The van der Waals surface area contributed by atoms with E-state index >= 15 is 0 Å². The number of carbonyl (C=O) groups is 2. The Bertz CT molecular complexity index is 360. The minimum atomic E-state index is -1.91. The molecule has 1 saturated heterocycles. The minimum Gasteiger partial charge on any atom is -0.412 e. The molecule has 0 spiro atoms. The van der Waals surface area contributed by atoms with Crippen LogP contribution >= 0.6 is 0 Å². The van der Waals surface area contributed by atoms with E-state index in [9.17, 15) is 9.59 Å². The lowest BCUT2D eigenvalue weighted by atomic mass is 10.1. The van der Waals surface area contributed by atoms with Gasteiger partial charge in [0, 0.05) is 7.05 Å². The molecular weight excluding hydrogens is 246 g/mol. The summed E-state index contributed by atoms with van der Waals surface area (Å²) in [5.74, 6) is -0.121. The number of likely N-dealkylation sites (N-methyl/N-ethyl adjacent to an activating group) is 1. The Balaban J connectivity index is 2.81. The molecule has 5 heteroatoms. The number of Topliss-reactive ketones (excluding diaryl/α,β-unsaturated/α-hetero) is 1. The van der Waals surface area contributed by atoms with E-state index in [1.54, 1.807) is 7.05 Å². The van der Waals surface area contributed by atoms with Crippen molar-refractivity contribution in [2.75, 3.05) is 7.05 Å². The number of hydrogen-bond acceptors (Lipinski definition) is 3. The van der Waals surface area contributed by atoms with Crippen molar-refractivity contribution in [2.45, 2.75) is 64.4 Å². The second-order valence-electron chi connectivity index (χ2n) is 6.68. The molecule has 0 aromatic heterocycles. The van der Waals surface area contributed by atoms with E-state index < -0.39 is 14.4 Å². The molecule has 0 aromatic carbocycles. The van der Waals surface area contributed by atoms with E-state index in [-0.39, 0.29) is 29.3 Å². The zero-order valence-corrected chi connectivity index (χ0v) is 13.5. The van der Waals surface area contributed by atoms with Crippen LogP contribution in [-0.4, -0.2) is 44.1 Å². The lowest BCUT2D eigenvalue weighted by Gasteiger charge is -2.40. The van der Waals surface area contributed by atoms with Crippen molar-refractivity contribution in [1.29, 1.82) is 0 Å². The molecule has 1 rings (SSSR count). The van der Waals surface area contributed by atoms with Crippen molar-refractivity contribution in [3.05, 3.63) is 0 Å². The van der Waals surface area contributed by atoms with Gasteiger partial charge in [-0.25, -0.2) is 0 Å². The summed E-state index contributed by atoms with van der Waals surface area (Å²) in [6.45, 7) is 12.7. The van der Waals surface area contributed by atoms with Gasteiger partial charge >= 0.3 is 0 Å². The SMILES string of the molecule is C[C@@H](O[Si](C)(C)C(C)(C)C)[C@H]1C(=O)CC(=O)N1C. The first-order chi connectivity index (χ1) is 7.97. The van der Waals surface area contributed by atoms with Gasteiger partial charge in [0.1, 0.15) is 6.04 Å². The Labute approximate surface area is 111 Å². The number of amides is 1. The third-order valence-corrected chi connectivity index (χ3v) is 8.77. The van der Waals surface area contributed by atoms with E-state index in [2.05, 4.69) is 33.9 Å². The molecule has 4 nitrogen and oxygen atoms in total. The Morgan fingerprint density at radius 3 is 2.17 bits per heavy atom. The average Bonchev–Trinajstić information content (AvgIpc) is 2.38. The van der Waals surface area contributed by atoms with Crippen molar-refractivity contribution < 1.29 is 14.0 Å². The maximum atomic E-state index is 11.8. The second kappa shape index (κ2) is 4.77. The van der Waals surface area contributed by atoms with Gasteiger partial charge in [-0.05, 0) is 25.1 Å². The molecule has 18 heavy (non-hydrogen) atoms. The third-order valence-electron chi connectivity index (χ3n) is 4.20. The summed E-state index contributed by atoms with van der Waals surface area (Å²) in [5.41, 5.74) is 0. The van der Waals surface area contributed by atoms with E-state index in [0.717, 1.165) is 0 Å². The normalized spacial score (nSPS) is 23.7. The van der Waals surface area contributed by atoms with Crippen LogP contribution in [0.15, 0.2) is 0 Å². The molecule has 0 N–H and O–H groups in total. The summed E-state index contributed by atoms with van der Waals surface area (Å²) in [7, 11) is -0.223. The molecule has 1 aliphatic heterocycles. The fraction of sp³-hybridized carbons (Fsp3) is 0.846. The van der Waals surface area contributed by atoms with Crippen LogP contribution in [0.1, 0.15) is 34.1 Å². The van der Waals surface area contributed by atoms with E-state index in [4.69, 9.17) is 4.43 Å². The zero-order valence-electron chi connectivity index (χ0n) is 12.5. The highest BCUT2D eigenvalue weighted by Crippen LogP contribution is 2.38. The Morgan fingerprint density at radius 1 is 1.33 bits per heavy atom. The number of carbonyl (C=O) groups excluding carboxylic acids is 2. The fourth-order valence-corrected chi connectivity index (χ4v) is 3.44. The maximum absolute atomic E-state index is 11.8. The highest BCUT2D eigenvalue weighted by molar-refractivity contribution is 6.74. The maximum Gasteiger partial charge on any atom is 0.230 e. The minimum absolute atomic E-state index is 0.0197. The molecule has 1 fully saturated rings. The van der Waals surface area contributed by atoms with Gasteiger partial charge < -0.3 is 9.33 Å². The monoisotopic (exact) mass is 271 g/mol. The van der Waals surface area contributed by atoms with E-state index in [0.29, 0.717) is 0 Å². The molecule has 0 bridgehead atoms. The summed E-state index contributed by atoms with van der Waals surface area (Å²) in [6.07, 6.45) is -0.207. The largest absolute Gasteiger partial charge is 0.412 e. The van der Waals surface area contributed by atoms with Crippen LogP contribution in [0.2, 0.25) is 18.1 Å². The highest BCUT2D eigenvalue weighted by Gasteiger charge is 2.45. The number of nitrogens with zero attached hydrogens (tertiary/aromatic N) is 1. The van der Waals surface area contributed by atoms with Crippen LogP contribution in [0.25, 0.3) is 0 Å². The summed E-state index contributed by atoms with van der Waals surface area (Å²) < 4.78 is 6.20. The van der Waals surface area contributed by atoms with Gasteiger partial charge in [-0.1, -0.05) is 20.8 Å². The lowest BCUT2D eigenvalue weighted by Crippen LogP contribution is -2.50. The number of likely N-dealkylation sites (tertiary alicyclic amines) is 1. The van der Waals surface area contributed by atoms with Crippen LogP contribution in [0.5, 0.6) is 0 Å². The first kappa shape index (κ1) is 15.4. The topological polar surface area (TPSA) is 46.6 Å². The summed E-state index contributed by atoms with van der Waals surface area (Å²) in [5, 5.41) is 0.103. The molecule has 0 unspecified atom stereocenters. The number of hydrogen-bond donors (Lipinski definition) is 0. The number of rotatable bonds is 3. The van der Waals surface area contributed by atoms with Gasteiger partial charge in [-0.2, -0.15) is 0 Å². The Kier molecular flexibility index (Phi) is 4.08. The zero-order chi connectivity index (χ0) is 14.3. The van der Waals surface area contributed by atoms with Crippen LogP contribution in [0.3, 0.4) is 0 Å². The van der Waals surface area contributed by atoms with Gasteiger partial charge in [0.25, 0.3) is 0 Å². The quantitative estimate of drug-likeness (QED) is 0.584. The number of ketones is 1. The molecule has 1 amide bonds. The van der Waals surface area contributed by atoms with Crippen LogP contribution in [0.4, 0.5) is 0 Å². The molecule has 0 radical (unpaired) electrons. The van der Waals surface area contributed by atoms with Crippen molar-refractivity contribution in [3.8, 4) is 0 Å². The van der Waals surface area contributed by atoms with Crippen LogP contribution in [-0.2, 0) is 14.0 Å². The Hall–Kier alpha value is -0.683. The van der Waals surface area contributed by atoms with Crippen molar-refractivity contribution >= 4 is 20.0 Å². The second-order valence-corrected chi connectivity index (χ2v) is 11.4. The van der Waals surface area contributed by atoms with Gasteiger partial charge in [-0.3, -0.25) is 9.59 Å². The molecular formula is C13H25NO3Si. The molecule has 2 atom stereocenters. The standard InChI is InChI=1S/C13H25NO3Si/c1-9(17-18(6,7)13(2,3)4)12-10(15)8-11(16)14(12)5/h9,12H,8H2,1-7H3/t9-,12+/m1/s1. The molecule has 0 saturated carbocycles. The van der Waals surface area contributed by atoms with E-state index in [1.165, 1.54) is 4.90 Å². The van der Waals surface area contributed by atoms with Gasteiger partial charge in [-0.15, -0.1) is 0 Å². The van der Waals surface area contributed by atoms with Crippen LogP contribution < -0.4 is 0 Å². The van der Waals surface area contributed by atoms with Crippen molar-refractivity contribution in [2.24, 2.45) is 0 Å². The fourth-order valence-electron chi connectivity index (χ4n) is 2.03. The molecule has 1 aliphatic rings. The van der Waals surface area contributed by atoms with Crippen molar-refractivity contribution in [3.63, 3.8) is 0 Å². The molecule has 104 valence electrons. The van der Waals surface area contributed by atoms with Gasteiger partial charge in [0.15, 0.2) is 14.1 Å². The first-order valence-electron chi connectivity index (χ1n) is 6.43. The lowest BCUT2D eigenvalue weighted by molar-refractivity contribution is -0.128. The summed E-state index contributed by atoms with van der Waals surface area (Å²) >= 11 is 0. The third kappa shape index (κ3) is 2.83. The average molecular weight is 271 g/mol. The summed E-state index contributed by atoms with van der Waals surface area (Å²) in [6, 6.07) is -0.411. The van der Waals surface area contributed by atoms with Crippen LogP contribution in [0, 0.1) is 0 Å². The van der Waals surface area contributed by atoms with Gasteiger partial charge in [0.05, 0.1) is 12.5 Å².